The Kier molecular flexibility index (Phi) is 4.75. The van der Waals surface area contributed by atoms with Crippen LogP contribution in [0.25, 0.3) is 22.2 Å². The molecule has 0 saturated carbocycles. The second-order valence-electron chi connectivity index (χ2n) is 8.84. The van der Waals surface area contributed by atoms with Crippen LogP contribution in [-0.4, -0.2) is 33.0 Å². The molecule has 0 N–H and O–H groups in total. The molecule has 0 bridgehead atoms. The van der Waals surface area contributed by atoms with E-state index < -0.39 is 0 Å². The third-order valence-corrected chi connectivity index (χ3v) is 7.56. The summed E-state index contributed by atoms with van der Waals surface area (Å²) in [5.41, 5.74) is 7.93. The molecular formula is C25H28N4S. The highest BCUT2D eigenvalue weighted by Gasteiger charge is 2.36. The van der Waals surface area contributed by atoms with Crippen molar-refractivity contribution in [3.8, 4) is 11.3 Å². The molecule has 0 radical (unpaired) electrons. The summed E-state index contributed by atoms with van der Waals surface area (Å²) in [6.07, 6.45) is 5.71. The van der Waals surface area contributed by atoms with E-state index in [-0.39, 0.29) is 5.54 Å². The molecule has 0 aliphatic carbocycles. The van der Waals surface area contributed by atoms with E-state index in [0.717, 1.165) is 37.2 Å². The highest BCUT2D eigenvalue weighted by Crippen LogP contribution is 2.41. The standard InChI is InChI=1S/C25H28N4S/c1-17-5-6-21-19(15-17)24-22(9-13-28(4)25(24,2)3)29(21)14-10-23-27-20(16-30-23)18-7-11-26-12-8-18/h5-8,11-12,15-16H,9-10,13-14H2,1-4H3. The summed E-state index contributed by atoms with van der Waals surface area (Å²) in [5.74, 6) is 0. The molecule has 0 atom stereocenters. The maximum absolute atomic E-state index is 4.90. The molecule has 154 valence electrons. The van der Waals surface area contributed by atoms with Crippen molar-refractivity contribution < 1.29 is 0 Å². The Balaban J connectivity index is 1.51. The van der Waals surface area contributed by atoms with Crippen molar-refractivity contribution in [1.29, 1.82) is 0 Å². The summed E-state index contributed by atoms with van der Waals surface area (Å²) in [7, 11) is 2.25. The van der Waals surface area contributed by atoms with Gasteiger partial charge in [-0.05, 0) is 52.1 Å². The molecule has 3 aromatic heterocycles. The van der Waals surface area contributed by atoms with E-state index in [1.807, 2.05) is 24.5 Å². The van der Waals surface area contributed by atoms with Gasteiger partial charge in [0.1, 0.15) is 0 Å². The minimum absolute atomic E-state index is 0.0422. The van der Waals surface area contributed by atoms with Gasteiger partial charge in [-0.25, -0.2) is 4.98 Å². The van der Waals surface area contributed by atoms with Crippen molar-refractivity contribution in [3.05, 3.63) is 69.9 Å². The summed E-state index contributed by atoms with van der Waals surface area (Å²) in [6, 6.07) is 11.0. The van der Waals surface area contributed by atoms with Gasteiger partial charge >= 0.3 is 0 Å². The molecule has 5 rings (SSSR count). The molecule has 1 aliphatic heterocycles. The maximum Gasteiger partial charge on any atom is 0.0950 e. The number of thiazole rings is 1. The molecule has 4 heterocycles. The quantitative estimate of drug-likeness (QED) is 0.445. The van der Waals surface area contributed by atoms with E-state index >= 15 is 0 Å². The summed E-state index contributed by atoms with van der Waals surface area (Å²) in [6.45, 7) is 8.98. The zero-order valence-corrected chi connectivity index (χ0v) is 19.0. The average Bonchev–Trinajstić information content (AvgIpc) is 3.33. The largest absolute Gasteiger partial charge is 0.344 e. The van der Waals surface area contributed by atoms with Gasteiger partial charge in [-0.3, -0.25) is 9.88 Å². The Morgan fingerprint density at radius 1 is 1.13 bits per heavy atom. The zero-order valence-electron chi connectivity index (χ0n) is 18.1. The Bertz CT molecular complexity index is 1200. The third-order valence-electron chi connectivity index (χ3n) is 6.65. The molecule has 0 spiro atoms. The highest BCUT2D eigenvalue weighted by molar-refractivity contribution is 7.09. The van der Waals surface area contributed by atoms with Crippen LogP contribution >= 0.6 is 11.3 Å². The van der Waals surface area contributed by atoms with Crippen molar-refractivity contribution in [2.45, 2.75) is 45.7 Å². The first-order chi connectivity index (χ1) is 14.4. The molecule has 0 unspecified atom stereocenters. The molecule has 1 aromatic carbocycles. The van der Waals surface area contributed by atoms with Crippen LogP contribution in [0.4, 0.5) is 0 Å². The number of benzene rings is 1. The number of fused-ring (bicyclic) bond motifs is 3. The minimum atomic E-state index is 0.0422. The summed E-state index contributed by atoms with van der Waals surface area (Å²) >= 11 is 1.76. The summed E-state index contributed by atoms with van der Waals surface area (Å²) in [4.78, 5) is 11.5. The molecule has 1 aliphatic rings. The highest BCUT2D eigenvalue weighted by atomic mass is 32.1. The third kappa shape index (κ3) is 3.17. The first-order valence-electron chi connectivity index (χ1n) is 10.6. The molecule has 4 aromatic rings. The van der Waals surface area contributed by atoms with Gasteiger partial charge in [-0.15, -0.1) is 11.3 Å². The summed E-state index contributed by atoms with van der Waals surface area (Å²) < 4.78 is 2.56. The number of rotatable bonds is 4. The van der Waals surface area contributed by atoms with Gasteiger partial charge < -0.3 is 4.57 Å². The van der Waals surface area contributed by atoms with Crippen molar-refractivity contribution >= 4 is 22.2 Å². The van der Waals surface area contributed by atoms with Gasteiger partial charge in [0, 0.05) is 77.0 Å². The number of aromatic nitrogens is 3. The van der Waals surface area contributed by atoms with E-state index in [0.29, 0.717) is 0 Å². The number of aryl methyl sites for hydroxylation is 3. The first kappa shape index (κ1) is 19.5. The van der Waals surface area contributed by atoms with Gasteiger partial charge in [-0.2, -0.15) is 0 Å². The topological polar surface area (TPSA) is 34.0 Å². The lowest BCUT2D eigenvalue weighted by Crippen LogP contribution is -2.44. The van der Waals surface area contributed by atoms with Crippen LogP contribution in [0.1, 0.15) is 35.7 Å². The molecular weight excluding hydrogens is 388 g/mol. The normalized spacial score (nSPS) is 16.1. The van der Waals surface area contributed by atoms with E-state index in [9.17, 15) is 0 Å². The van der Waals surface area contributed by atoms with Crippen LogP contribution in [0.15, 0.2) is 48.1 Å². The fourth-order valence-corrected chi connectivity index (χ4v) is 5.55. The minimum Gasteiger partial charge on any atom is -0.344 e. The van der Waals surface area contributed by atoms with E-state index in [2.05, 4.69) is 65.8 Å². The lowest BCUT2D eigenvalue weighted by Gasteiger charge is -2.40. The van der Waals surface area contributed by atoms with Gasteiger partial charge in [0.05, 0.1) is 10.7 Å². The van der Waals surface area contributed by atoms with Crippen LogP contribution in [0, 0.1) is 6.92 Å². The first-order valence-corrected chi connectivity index (χ1v) is 11.5. The molecule has 0 amide bonds. The van der Waals surface area contributed by atoms with E-state index in [4.69, 9.17) is 4.98 Å². The van der Waals surface area contributed by atoms with Crippen molar-refractivity contribution in [2.24, 2.45) is 0 Å². The zero-order chi connectivity index (χ0) is 20.9. The molecule has 30 heavy (non-hydrogen) atoms. The van der Waals surface area contributed by atoms with E-state index in [1.54, 1.807) is 11.3 Å². The predicted molar refractivity (Wildman–Crippen MR) is 125 cm³/mol. The van der Waals surface area contributed by atoms with Crippen LogP contribution < -0.4 is 0 Å². The van der Waals surface area contributed by atoms with Gasteiger partial charge in [0.2, 0.25) is 0 Å². The number of pyridine rings is 1. The van der Waals surface area contributed by atoms with Crippen molar-refractivity contribution in [1.82, 2.24) is 19.4 Å². The van der Waals surface area contributed by atoms with Crippen molar-refractivity contribution in [2.75, 3.05) is 13.6 Å². The maximum atomic E-state index is 4.90. The van der Waals surface area contributed by atoms with Gasteiger partial charge in [0.25, 0.3) is 0 Å². The number of nitrogens with zero attached hydrogens (tertiary/aromatic N) is 4. The lowest BCUT2D eigenvalue weighted by molar-refractivity contribution is 0.143. The van der Waals surface area contributed by atoms with Gasteiger partial charge in [-0.1, -0.05) is 11.6 Å². The van der Waals surface area contributed by atoms with Crippen molar-refractivity contribution in [3.63, 3.8) is 0 Å². The van der Waals surface area contributed by atoms with Crippen LogP contribution in [0.3, 0.4) is 0 Å². The Morgan fingerprint density at radius 3 is 2.73 bits per heavy atom. The number of likely N-dealkylation sites (N-methyl/N-ethyl adjacent to an activating group) is 1. The smallest absolute Gasteiger partial charge is 0.0950 e. The van der Waals surface area contributed by atoms with E-state index in [1.165, 1.54) is 32.7 Å². The fraction of sp³-hybridized carbons (Fsp3) is 0.360. The number of hydrogen-bond acceptors (Lipinski definition) is 4. The predicted octanol–water partition coefficient (Wildman–Crippen LogP) is 5.43. The van der Waals surface area contributed by atoms with Gasteiger partial charge in [0.15, 0.2) is 0 Å². The monoisotopic (exact) mass is 416 g/mol. The molecule has 0 saturated heterocycles. The Hall–Kier alpha value is -2.50. The number of hydrogen-bond donors (Lipinski definition) is 0. The molecule has 4 nitrogen and oxygen atoms in total. The van der Waals surface area contributed by atoms with Crippen LogP contribution in [0.5, 0.6) is 0 Å². The molecule has 0 fully saturated rings. The Morgan fingerprint density at radius 2 is 1.93 bits per heavy atom. The second kappa shape index (κ2) is 7.33. The average molecular weight is 417 g/mol. The second-order valence-corrected chi connectivity index (χ2v) is 9.78. The SMILES string of the molecule is Cc1ccc2c(c1)c1c(n2CCc2nc(-c3ccncc3)cs2)CCN(C)C1(C)C. The fourth-order valence-electron chi connectivity index (χ4n) is 4.75. The van der Waals surface area contributed by atoms with Crippen LogP contribution in [-0.2, 0) is 24.9 Å². The lowest BCUT2D eigenvalue weighted by atomic mass is 9.85. The summed E-state index contributed by atoms with van der Waals surface area (Å²) in [5, 5.41) is 4.77. The molecule has 5 heteroatoms. The Labute approximate surface area is 182 Å². The van der Waals surface area contributed by atoms with Crippen LogP contribution in [0.2, 0.25) is 0 Å².